The molecule has 0 atom stereocenters. The molecule has 0 spiro atoms. The van der Waals surface area contributed by atoms with Crippen LogP contribution in [0.3, 0.4) is 0 Å². The van der Waals surface area contributed by atoms with E-state index < -0.39 is 11.7 Å². The number of alkyl halides is 3. The maximum absolute atomic E-state index is 12.3. The predicted octanol–water partition coefficient (Wildman–Crippen LogP) is 3.58. The van der Waals surface area contributed by atoms with Crippen LogP contribution in [0.1, 0.15) is 11.3 Å². The first-order valence-electron chi connectivity index (χ1n) is 5.95. The van der Waals surface area contributed by atoms with Crippen LogP contribution >= 0.6 is 11.8 Å². The van der Waals surface area contributed by atoms with E-state index in [2.05, 4.69) is 10.3 Å². The van der Waals surface area contributed by atoms with Crippen molar-refractivity contribution in [2.75, 3.05) is 12.3 Å². The minimum atomic E-state index is -4.33. The monoisotopic (exact) mass is 302 g/mol. The van der Waals surface area contributed by atoms with Crippen LogP contribution in [-0.4, -0.2) is 17.3 Å². The number of thioether (sulfide) groups is 1. The third-order valence-corrected chi connectivity index (χ3v) is 3.42. The molecular weight excluding hydrogens is 289 g/mol. The zero-order chi connectivity index (χ0) is 14.4. The summed E-state index contributed by atoms with van der Waals surface area (Å²) in [6.45, 7) is 1.35. The summed E-state index contributed by atoms with van der Waals surface area (Å²) in [6.07, 6.45) is -1.86. The van der Waals surface area contributed by atoms with E-state index in [1.165, 1.54) is 17.8 Å². The number of furan rings is 1. The summed E-state index contributed by atoms with van der Waals surface area (Å²) < 4.78 is 42.2. The van der Waals surface area contributed by atoms with E-state index in [1.807, 2.05) is 12.1 Å². The molecule has 2 heterocycles. The number of pyridine rings is 1. The fraction of sp³-hybridized carbons (Fsp3) is 0.308. The average Bonchev–Trinajstić information content (AvgIpc) is 2.91. The lowest BCUT2D eigenvalue weighted by atomic mass is 10.3. The van der Waals surface area contributed by atoms with Crippen LogP contribution in [0.2, 0.25) is 0 Å². The number of hydrogen-bond acceptors (Lipinski definition) is 4. The van der Waals surface area contributed by atoms with Crippen molar-refractivity contribution in [3.05, 3.63) is 48.0 Å². The molecule has 20 heavy (non-hydrogen) atoms. The Hall–Kier alpha value is -1.47. The molecule has 0 saturated carbocycles. The zero-order valence-electron chi connectivity index (χ0n) is 10.5. The second-order valence-corrected chi connectivity index (χ2v) is 5.10. The largest absolute Gasteiger partial charge is 0.468 e. The van der Waals surface area contributed by atoms with Crippen LogP contribution in [0.4, 0.5) is 13.2 Å². The molecule has 7 heteroatoms. The van der Waals surface area contributed by atoms with Crippen LogP contribution in [0.15, 0.2) is 46.2 Å². The molecule has 0 aromatic carbocycles. The van der Waals surface area contributed by atoms with Gasteiger partial charge in [0.25, 0.3) is 0 Å². The lowest BCUT2D eigenvalue weighted by molar-refractivity contribution is -0.137. The van der Waals surface area contributed by atoms with Gasteiger partial charge in [-0.15, -0.1) is 11.8 Å². The van der Waals surface area contributed by atoms with Gasteiger partial charge in [-0.1, -0.05) is 0 Å². The Morgan fingerprint density at radius 3 is 2.70 bits per heavy atom. The van der Waals surface area contributed by atoms with E-state index in [0.717, 1.165) is 23.8 Å². The maximum Gasteiger partial charge on any atom is 0.417 e. The Morgan fingerprint density at radius 2 is 2.10 bits per heavy atom. The summed E-state index contributed by atoms with van der Waals surface area (Å²) in [5, 5.41) is 3.75. The van der Waals surface area contributed by atoms with Gasteiger partial charge in [0.15, 0.2) is 0 Å². The molecule has 0 bridgehead atoms. The van der Waals surface area contributed by atoms with E-state index in [9.17, 15) is 13.2 Å². The maximum atomic E-state index is 12.3. The van der Waals surface area contributed by atoms with Gasteiger partial charge in [0, 0.05) is 18.5 Å². The molecule has 3 nitrogen and oxygen atoms in total. The highest BCUT2D eigenvalue weighted by molar-refractivity contribution is 7.99. The number of rotatable bonds is 6. The van der Waals surface area contributed by atoms with E-state index in [1.54, 1.807) is 6.26 Å². The van der Waals surface area contributed by atoms with Crippen LogP contribution in [0, 0.1) is 0 Å². The van der Waals surface area contributed by atoms with Gasteiger partial charge in [-0.3, -0.25) is 0 Å². The fourth-order valence-electron chi connectivity index (χ4n) is 1.49. The normalized spacial score (nSPS) is 11.8. The summed E-state index contributed by atoms with van der Waals surface area (Å²) in [5.41, 5.74) is -0.724. The van der Waals surface area contributed by atoms with Gasteiger partial charge in [-0.2, -0.15) is 13.2 Å². The summed E-state index contributed by atoms with van der Waals surface area (Å²) in [4.78, 5) is 3.79. The average molecular weight is 302 g/mol. The van der Waals surface area contributed by atoms with Gasteiger partial charge in [0.2, 0.25) is 0 Å². The molecule has 2 aromatic heterocycles. The quantitative estimate of drug-likeness (QED) is 0.654. The molecule has 0 fully saturated rings. The highest BCUT2D eigenvalue weighted by Gasteiger charge is 2.30. The van der Waals surface area contributed by atoms with Gasteiger partial charge >= 0.3 is 6.18 Å². The third-order valence-electron chi connectivity index (χ3n) is 2.47. The van der Waals surface area contributed by atoms with Gasteiger partial charge in [0.05, 0.1) is 23.4 Å². The molecular formula is C13H13F3N2OS. The van der Waals surface area contributed by atoms with Crippen molar-refractivity contribution < 1.29 is 17.6 Å². The van der Waals surface area contributed by atoms with Crippen molar-refractivity contribution in [3.63, 3.8) is 0 Å². The molecule has 2 aromatic rings. The lowest BCUT2D eigenvalue weighted by Crippen LogP contribution is -2.16. The number of hydrogen-bond donors (Lipinski definition) is 1. The van der Waals surface area contributed by atoms with E-state index in [0.29, 0.717) is 18.1 Å². The van der Waals surface area contributed by atoms with E-state index in [4.69, 9.17) is 4.42 Å². The molecule has 1 N–H and O–H groups in total. The second-order valence-electron chi connectivity index (χ2n) is 3.99. The fourth-order valence-corrected chi connectivity index (χ4v) is 2.23. The van der Waals surface area contributed by atoms with Crippen LogP contribution in [-0.2, 0) is 12.7 Å². The van der Waals surface area contributed by atoms with E-state index >= 15 is 0 Å². The molecule has 0 aliphatic heterocycles. The zero-order valence-corrected chi connectivity index (χ0v) is 11.3. The molecule has 2 rings (SSSR count). The van der Waals surface area contributed by atoms with Crippen molar-refractivity contribution in [1.29, 1.82) is 0 Å². The second kappa shape index (κ2) is 6.81. The Kier molecular flexibility index (Phi) is 5.08. The number of halogens is 3. The van der Waals surface area contributed by atoms with E-state index in [-0.39, 0.29) is 0 Å². The van der Waals surface area contributed by atoms with Crippen molar-refractivity contribution in [2.24, 2.45) is 0 Å². The molecule has 0 radical (unpaired) electrons. The SMILES string of the molecule is FC(F)(F)c1ccc(SCCNCc2ccco2)nc1. The minimum absolute atomic E-state index is 0.581. The minimum Gasteiger partial charge on any atom is -0.468 e. The highest BCUT2D eigenvalue weighted by Crippen LogP contribution is 2.29. The summed E-state index contributed by atoms with van der Waals surface area (Å²) in [6, 6.07) is 6.13. The van der Waals surface area contributed by atoms with Crippen molar-refractivity contribution in [1.82, 2.24) is 10.3 Å². The molecule has 0 aliphatic carbocycles. The molecule has 0 amide bonds. The van der Waals surface area contributed by atoms with Crippen molar-refractivity contribution >= 4 is 11.8 Å². The number of nitrogens with zero attached hydrogens (tertiary/aromatic N) is 1. The smallest absolute Gasteiger partial charge is 0.417 e. The van der Waals surface area contributed by atoms with Gasteiger partial charge < -0.3 is 9.73 Å². The molecule has 108 valence electrons. The number of nitrogens with one attached hydrogen (secondary N) is 1. The first-order valence-corrected chi connectivity index (χ1v) is 6.93. The van der Waals surface area contributed by atoms with Crippen LogP contribution < -0.4 is 5.32 Å². The molecule has 0 unspecified atom stereocenters. The Labute approximate surface area is 118 Å². The Balaban J connectivity index is 1.69. The Bertz CT molecular complexity index is 511. The van der Waals surface area contributed by atoms with Crippen LogP contribution in [0.5, 0.6) is 0 Å². The first kappa shape index (κ1) is 14.9. The summed E-state index contributed by atoms with van der Waals surface area (Å²) in [5.74, 6) is 1.57. The summed E-state index contributed by atoms with van der Waals surface area (Å²) >= 11 is 1.41. The predicted molar refractivity (Wildman–Crippen MR) is 70.4 cm³/mol. The van der Waals surface area contributed by atoms with Crippen molar-refractivity contribution in [3.8, 4) is 0 Å². The standard InChI is InChI=1S/C13H13F3N2OS/c14-13(15,16)10-3-4-12(18-8-10)20-7-5-17-9-11-2-1-6-19-11/h1-4,6,8,17H,5,7,9H2. The third kappa shape index (κ3) is 4.57. The molecule has 0 saturated heterocycles. The van der Waals surface area contributed by atoms with Gasteiger partial charge in [0.1, 0.15) is 5.76 Å². The molecule has 0 aliphatic rings. The first-order chi connectivity index (χ1) is 9.55. The number of aromatic nitrogens is 1. The van der Waals surface area contributed by atoms with Crippen molar-refractivity contribution in [2.45, 2.75) is 17.7 Å². The topological polar surface area (TPSA) is 38.1 Å². The lowest BCUT2D eigenvalue weighted by Gasteiger charge is -2.06. The van der Waals surface area contributed by atoms with Gasteiger partial charge in [-0.05, 0) is 24.3 Å². The van der Waals surface area contributed by atoms with Gasteiger partial charge in [-0.25, -0.2) is 4.98 Å². The van der Waals surface area contributed by atoms with Crippen LogP contribution in [0.25, 0.3) is 0 Å². The summed E-state index contributed by atoms with van der Waals surface area (Å²) in [7, 11) is 0. The Morgan fingerprint density at radius 1 is 1.25 bits per heavy atom. The highest BCUT2D eigenvalue weighted by atomic mass is 32.2.